The van der Waals surface area contributed by atoms with Gasteiger partial charge in [-0.15, -0.1) is 0 Å². The standard InChI is InChI=1S/C20H28N6O2/c1-24(2)9-8-21-20(27)18-14-23-19(15-22-18)26-12-10-25(11-13-26)16-4-6-17(28-3)7-5-16/h4-7,14-15H,8-13H2,1-3H3,(H,21,27). The smallest absolute Gasteiger partial charge is 0.271 e. The number of hydrogen-bond acceptors (Lipinski definition) is 7. The van der Waals surface area contributed by atoms with Crippen LogP contribution in [0.4, 0.5) is 11.5 Å². The molecule has 0 saturated carbocycles. The van der Waals surface area contributed by atoms with Gasteiger partial charge in [0.25, 0.3) is 5.91 Å². The molecule has 0 radical (unpaired) electrons. The summed E-state index contributed by atoms with van der Waals surface area (Å²) in [5.41, 5.74) is 1.54. The van der Waals surface area contributed by atoms with E-state index in [2.05, 4.69) is 37.2 Å². The Bertz CT molecular complexity index is 755. The van der Waals surface area contributed by atoms with Gasteiger partial charge in [0.05, 0.1) is 19.5 Å². The van der Waals surface area contributed by atoms with E-state index >= 15 is 0 Å². The molecule has 2 aromatic rings. The molecule has 8 heteroatoms. The summed E-state index contributed by atoms with van der Waals surface area (Å²) in [7, 11) is 5.61. The highest BCUT2D eigenvalue weighted by atomic mass is 16.5. The minimum absolute atomic E-state index is 0.190. The van der Waals surface area contributed by atoms with Gasteiger partial charge >= 0.3 is 0 Å². The second-order valence-corrected chi connectivity index (χ2v) is 6.99. The molecular weight excluding hydrogens is 356 g/mol. The fourth-order valence-electron chi connectivity index (χ4n) is 3.07. The SMILES string of the molecule is COc1ccc(N2CCN(c3cnc(C(=O)NCCN(C)C)cn3)CC2)cc1. The molecule has 8 nitrogen and oxygen atoms in total. The Morgan fingerprint density at radius 3 is 2.32 bits per heavy atom. The summed E-state index contributed by atoms with van der Waals surface area (Å²) in [6.07, 6.45) is 3.24. The number of carbonyl (C=O) groups is 1. The van der Waals surface area contributed by atoms with Crippen LogP contribution in [0.2, 0.25) is 0 Å². The maximum Gasteiger partial charge on any atom is 0.271 e. The summed E-state index contributed by atoms with van der Waals surface area (Å²) in [6, 6.07) is 8.13. The Morgan fingerprint density at radius 2 is 1.75 bits per heavy atom. The van der Waals surface area contributed by atoms with Crippen LogP contribution in [0, 0.1) is 0 Å². The second-order valence-electron chi connectivity index (χ2n) is 6.99. The molecule has 1 N–H and O–H groups in total. The van der Waals surface area contributed by atoms with Crippen LogP contribution in [0.1, 0.15) is 10.5 Å². The number of rotatable bonds is 7. The van der Waals surface area contributed by atoms with Crippen LogP contribution in [-0.2, 0) is 0 Å². The minimum atomic E-state index is -0.190. The topological polar surface area (TPSA) is 73.8 Å². The number of anilines is 2. The van der Waals surface area contributed by atoms with Gasteiger partial charge in [-0.25, -0.2) is 9.97 Å². The summed E-state index contributed by atoms with van der Waals surface area (Å²) >= 11 is 0. The average molecular weight is 384 g/mol. The fraction of sp³-hybridized carbons (Fsp3) is 0.450. The predicted octanol–water partition coefficient (Wildman–Crippen LogP) is 1.10. The van der Waals surface area contributed by atoms with Crippen molar-refractivity contribution in [1.29, 1.82) is 0 Å². The van der Waals surface area contributed by atoms with E-state index in [-0.39, 0.29) is 5.91 Å². The first-order valence-electron chi connectivity index (χ1n) is 9.46. The third-order valence-corrected chi connectivity index (χ3v) is 4.76. The molecule has 1 aromatic heterocycles. The Labute approximate surface area is 166 Å². The lowest BCUT2D eigenvalue weighted by molar-refractivity contribution is 0.0945. The molecule has 1 amide bonds. The number of amides is 1. The molecule has 1 aliphatic heterocycles. The first kappa shape index (κ1) is 19.9. The number of benzene rings is 1. The van der Waals surface area contributed by atoms with E-state index in [1.807, 2.05) is 31.1 Å². The molecule has 0 unspecified atom stereocenters. The maximum absolute atomic E-state index is 12.1. The van der Waals surface area contributed by atoms with Gasteiger partial charge in [0.2, 0.25) is 0 Å². The van der Waals surface area contributed by atoms with E-state index in [0.29, 0.717) is 12.2 Å². The first-order valence-corrected chi connectivity index (χ1v) is 9.46. The number of nitrogens with one attached hydrogen (secondary N) is 1. The van der Waals surface area contributed by atoms with E-state index in [9.17, 15) is 4.79 Å². The molecule has 150 valence electrons. The van der Waals surface area contributed by atoms with Crippen molar-refractivity contribution in [3.8, 4) is 5.75 Å². The van der Waals surface area contributed by atoms with Crippen molar-refractivity contribution in [1.82, 2.24) is 20.2 Å². The van der Waals surface area contributed by atoms with Crippen LogP contribution < -0.4 is 19.9 Å². The quantitative estimate of drug-likeness (QED) is 0.766. The summed E-state index contributed by atoms with van der Waals surface area (Å²) in [5, 5.41) is 2.85. The van der Waals surface area contributed by atoms with Crippen LogP contribution in [0.3, 0.4) is 0 Å². The van der Waals surface area contributed by atoms with Gasteiger partial charge in [-0.3, -0.25) is 4.79 Å². The van der Waals surface area contributed by atoms with E-state index in [1.54, 1.807) is 19.5 Å². The molecule has 0 spiro atoms. The molecule has 1 aliphatic rings. The van der Waals surface area contributed by atoms with E-state index < -0.39 is 0 Å². The maximum atomic E-state index is 12.1. The lowest BCUT2D eigenvalue weighted by Gasteiger charge is -2.36. The highest BCUT2D eigenvalue weighted by molar-refractivity contribution is 5.92. The molecule has 0 bridgehead atoms. The van der Waals surface area contributed by atoms with Gasteiger partial charge in [-0.1, -0.05) is 0 Å². The number of nitrogens with zero attached hydrogens (tertiary/aromatic N) is 5. The second kappa shape index (κ2) is 9.36. The molecule has 0 atom stereocenters. The zero-order chi connectivity index (χ0) is 19.9. The Hall–Kier alpha value is -2.87. The van der Waals surface area contributed by atoms with Crippen LogP contribution in [0.15, 0.2) is 36.7 Å². The third-order valence-electron chi connectivity index (χ3n) is 4.76. The number of carbonyl (C=O) groups excluding carboxylic acids is 1. The Morgan fingerprint density at radius 1 is 1.07 bits per heavy atom. The number of methoxy groups -OCH3 is 1. The van der Waals surface area contributed by atoms with E-state index in [1.165, 1.54) is 5.69 Å². The molecule has 0 aliphatic carbocycles. The van der Waals surface area contributed by atoms with Gasteiger partial charge in [0.15, 0.2) is 0 Å². The molecule has 3 rings (SSSR count). The highest BCUT2D eigenvalue weighted by Gasteiger charge is 2.19. The summed E-state index contributed by atoms with van der Waals surface area (Å²) < 4.78 is 5.22. The van der Waals surface area contributed by atoms with Crippen LogP contribution in [0.5, 0.6) is 5.75 Å². The highest BCUT2D eigenvalue weighted by Crippen LogP contribution is 2.21. The fourth-order valence-corrected chi connectivity index (χ4v) is 3.07. The van der Waals surface area contributed by atoms with Crippen molar-refractivity contribution in [2.45, 2.75) is 0 Å². The lowest BCUT2D eigenvalue weighted by Crippen LogP contribution is -2.46. The van der Waals surface area contributed by atoms with Crippen molar-refractivity contribution >= 4 is 17.4 Å². The largest absolute Gasteiger partial charge is 0.497 e. The number of ether oxygens (including phenoxy) is 1. The van der Waals surface area contributed by atoms with Crippen molar-refractivity contribution < 1.29 is 9.53 Å². The van der Waals surface area contributed by atoms with E-state index in [4.69, 9.17) is 4.74 Å². The first-order chi connectivity index (χ1) is 13.6. The zero-order valence-corrected chi connectivity index (χ0v) is 16.8. The predicted molar refractivity (Wildman–Crippen MR) is 110 cm³/mol. The number of likely N-dealkylation sites (N-methyl/N-ethyl adjacent to an activating group) is 1. The monoisotopic (exact) mass is 384 g/mol. The molecule has 1 aromatic carbocycles. The van der Waals surface area contributed by atoms with Crippen molar-refractivity contribution in [3.63, 3.8) is 0 Å². The Balaban J connectivity index is 1.52. The molecule has 2 heterocycles. The van der Waals surface area contributed by atoms with Gasteiger partial charge in [0.1, 0.15) is 17.3 Å². The normalized spacial score (nSPS) is 14.3. The number of piperazine rings is 1. The van der Waals surface area contributed by atoms with Crippen LogP contribution in [-0.4, -0.2) is 81.2 Å². The Kier molecular flexibility index (Phi) is 6.65. The van der Waals surface area contributed by atoms with Crippen molar-refractivity contribution in [2.75, 3.05) is 70.3 Å². The van der Waals surface area contributed by atoms with Gasteiger partial charge in [0, 0.05) is 45.0 Å². The zero-order valence-electron chi connectivity index (χ0n) is 16.8. The summed E-state index contributed by atoms with van der Waals surface area (Å²) in [6.45, 7) is 4.89. The van der Waals surface area contributed by atoms with Crippen molar-refractivity contribution in [2.24, 2.45) is 0 Å². The molecule has 1 fully saturated rings. The number of hydrogen-bond donors (Lipinski definition) is 1. The third kappa shape index (κ3) is 5.10. The van der Waals surface area contributed by atoms with E-state index in [0.717, 1.165) is 44.3 Å². The van der Waals surface area contributed by atoms with Crippen molar-refractivity contribution in [3.05, 3.63) is 42.4 Å². The average Bonchev–Trinajstić information content (AvgIpc) is 2.74. The van der Waals surface area contributed by atoms with Crippen LogP contribution in [0.25, 0.3) is 0 Å². The molecule has 28 heavy (non-hydrogen) atoms. The number of aromatic nitrogens is 2. The van der Waals surface area contributed by atoms with Gasteiger partial charge < -0.3 is 24.8 Å². The summed E-state index contributed by atoms with van der Waals surface area (Å²) in [5.74, 6) is 1.48. The molecule has 1 saturated heterocycles. The summed E-state index contributed by atoms with van der Waals surface area (Å²) in [4.78, 5) is 27.4. The van der Waals surface area contributed by atoms with Crippen LogP contribution >= 0.6 is 0 Å². The molecular formula is C20H28N6O2. The van der Waals surface area contributed by atoms with Gasteiger partial charge in [-0.05, 0) is 38.4 Å². The van der Waals surface area contributed by atoms with Gasteiger partial charge in [-0.2, -0.15) is 0 Å². The lowest BCUT2D eigenvalue weighted by atomic mass is 10.2. The minimum Gasteiger partial charge on any atom is -0.497 e.